The summed E-state index contributed by atoms with van der Waals surface area (Å²) in [4.78, 5) is 24.9. The fourth-order valence-electron chi connectivity index (χ4n) is 5.54. The van der Waals surface area contributed by atoms with Crippen molar-refractivity contribution in [1.82, 2.24) is 19.6 Å². The minimum absolute atomic E-state index is 0.00713. The SMILES string of the molecule is CS(=O)(=O)N1CCC(C(CO)NC(=O)c2cnc3c(c2)OCCN3c2cc(C3CC3)nc(C3CC3)c2)CC1. The molecule has 2 aromatic rings. The second kappa shape index (κ2) is 10.1. The molecular formula is C27H35N5O5S. The van der Waals surface area contributed by atoms with Crippen molar-refractivity contribution in [2.45, 2.75) is 56.4 Å². The number of aromatic nitrogens is 2. The van der Waals surface area contributed by atoms with Gasteiger partial charge in [0.05, 0.1) is 31.0 Å². The van der Waals surface area contributed by atoms with E-state index >= 15 is 0 Å². The van der Waals surface area contributed by atoms with Gasteiger partial charge in [0.25, 0.3) is 5.91 Å². The molecule has 0 radical (unpaired) electrons. The van der Waals surface area contributed by atoms with E-state index in [1.807, 2.05) is 0 Å². The average Bonchev–Trinajstić information content (AvgIpc) is 3.83. The number of hydrogen-bond acceptors (Lipinski definition) is 8. The number of nitrogens with zero attached hydrogens (tertiary/aromatic N) is 4. The topological polar surface area (TPSA) is 125 Å². The number of anilines is 2. The first-order chi connectivity index (χ1) is 18.3. The highest BCUT2D eigenvalue weighted by Crippen LogP contribution is 2.46. The summed E-state index contributed by atoms with van der Waals surface area (Å²) in [5.41, 5.74) is 3.79. The molecule has 3 fully saturated rings. The predicted octanol–water partition coefficient (Wildman–Crippen LogP) is 2.52. The zero-order valence-electron chi connectivity index (χ0n) is 21.7. The number of hydrogen-bond donors (Lipinski definition) is 2. The van der Waals surface area contributed by atoms with E-state index in [1.165, 1.54) is 47.6 Å². The molecule has 4 heterocycles. The van der Waals surface area contributed by atoms with Gasteiger partial charge in [-0.15, -0.1) is 0 Å². The van der Waals surface area contributed by atoms with Crippen LogP contribution in [-0.4, -0.2) is 78.9 Å². The Morgan fingerprint density at radius 2 is 1.74 bits per heavy atom. The van der Waals surface area contributed by atoms with E-state index in [0.29, 0.717) is 68.0 Å². The summed E-state index contributed by atoms with van der Waals surface area (Å²) in [6, 6.07) is 5.62. The summed E-state index contributed by atoms with van der Waals surface area (Å²) in [5, 5.41) is 12.9. The number of carbonyl (C=O) groups is 1. The van der Waals surface area contributed by atoms with Gasteiger partial charge in [0.2, 0.25) is 10.0 Å². The minimum atomic E-state index is -3.23. The van der Waals surface area contributed by atoms with E-state index < -0.39 is 16.1 Å². The van der Waals surface area contributed by atoms with Gasteiger partial charge in [0, 0.05) is 48.2 Å². The molecule has 6 rings (SSSR count). The van der Waals surface area contributed by atoms with E-state index in [2.05, 4.69) is 27.3 Å². The number of aliphatic hydroxyl groups is 1. The molecule has 0 spiro atoms. The van der Waals surface area contributed by atoms with Crippen LogP contribution in [0.2, 0.25) is 0 Å². The lowest BCUT2D eigenvalue weighted by Gasteiger charge is -2.34. The standard InChI is InChI=1S/C27H35N5O5S/c1-38(35,36)31-8-6-19(7-9-31)24(16-33)30-27(34)20-12-25-26(28-15-20)32(10-11-37-25)21-13-22(17-2-3-17)29-23(14-21)18-4-5-18/h12-15,17-19,24,33H,2-11,16H2,1H3,(H,30,34). The molecule has 0 aromatic carbocycles. The molecule has 1 saturated heterocycles. The van der Waals surface area contributed by atoms with E-state index in [4.69, 9.17) is 9.72 Å². The summed E-state index contributed by atoms with van der Waals surface area (Å²) >= 11 is 0. The van der Waals surface area contributed by atoms with Crippen molar-refractivity contribution in [3.63, 3.8) is 0 Å². The first-order valence-corrected chi connectivity index (χ1v) is 15.4. The maximum atomic E-state index is 13.1. The molecule has 2 aliphatic heterocycles. The number of pyridine rings is 2. The van der Waals surface area contributed by atoms with Gasteiger partial charge in [-0.3, -0.25) is 9.78 Å². The molecule has 1 amide bonds. The number of rotatable bonds is 8. The highest BCUT2D eigenvalue weighted by atomic mass is 32.2. The lowest BCUT2D eigenvalue weighted by Crippen LogP contribution is -2.48. The number of ether oxygens (including phenoxy) is 1. The monoisotopic (exact) mass is 541 g/mol. The molecule has 4 aliphatic rings. The first-order valence-electron chi connectivity index (χ1n) is 13.6. The average molecular weight is 542 g/mol. The lowest BCUT2D eigenvalue weighted by atomic mass is 9.90. The fourth-order valence-corrected chi connectivity index (χ4v) is 6.41. The third-order valence-corrected chi connectivity index (χ3v) is 9.43. The second-order valence-corrected chi connectivity index (χ2v) is 13.0. The maximum absolute atomic E-state index is 13.1. The number of amides is 1. The molecule has 10 nitrogen and oxygen atoms in total. The van der Waals surface area contributed by atoms with Crippen LogP contribution in [0.5, 0.6) is 5.75 Å². The van der Waals surface area contributed by atoms with Crippen LogP contribution in [0.3, 0.4) is 0 Å². The number of aliphatic hydroxyl groups excluding tert-OH is 1. The quantitative estimate of drug-likeness (QED) is 0.522. The number of nitrogens with one attached hydrogen (secondary N) is 1. The third-order valence-electron chi connectivity index (χ3n) is 8.13. The summed E-state index contributed by atoms with van der Waals surface area (Å²) in [6.07, 6.45) is 8.71. The van der Waals surface area contributed by atoms with Crippen molar-refractivity contribution in [1.29, 1.82) is 0 Å². The van der Waals surface area contributed by atoms with Gasteiger partial charge in [0.15, 0.2) is 11.6 Å². The first kappa shape index (κ1) is 25.5. The van der Waals surface area contributed by atoms with Crippen molar-refractivity contribution in [3.05, 3.63) is 41.3 Å². The summed E-state index contributed by atoms with van der Waals surface area (Å²) in [5.74, 6) is 2.03. The minimum Gasteiger partial charge on any atom is -0.488 e. The molecule has 1 atom stereocenters. The Labute approximate surface area is 223 Å². The highest BCUT2D eigenvalue weighted by Gasteiger charge is 2.33. The summed E-state index contributed by atoms with van der Waals surface area (Å²) in [6.45, 7) is 1.71. The molecule has 0 bridgehead atoms. The maximum Gasteiger partial charge on any atom is 0.253 e. The molecule has 2 aromatic heterocycles. The second-order valence-electron chi connectivity index (χ2n) is 11.0. The molecule has 204 valence electrons. The van der Waals surface area contributed by atoms with Crippen LogP contribution in [0.4, 0.5) is 11.5 Å². The van der Waals surface area contributed by atoms with Crippen molar-refractivity contribution in [2.24, 2.45) is 5.92 Å². The van der Waals surface area contributed by atoms with Crippen molar-refractivity contribution < 1.29 is 23.1 Å². The largest absolute Gasteiger partial charge is 0.488 e. The molecule has 2 N–H and O–H groups in total. The van der Waals surface area contributed by atoms with Gasteiger partial charge in [-0.2, -0.15) is 0 Å². The van der Waals surface area contributed by atoms with E-state index in [0.717, 1.165) is 5.69 Å². The van der Waals surface area contributed by atoms with Crippen LogP contribution in [0.1, 0.15) is 72.1 Å². The number of piperidine rings is 1. The van der Waals surface area contributed by atoms with E-state index in [1.54, 1.807) is 12.3 Å². The van der Waals surface area contributed by atoms with Crippen LogP contribution in [0, 0.1) is 5.92 Å². The number of carbonyl (C=O) groups excluding carboxylic acids is 1. The lowest BCUT2D eigenvalue weighted by molar-refractivity contribution is 0.0860. The Kier molecular flexibility index (Phi) is 6.77. The van der Waals surface area contributed by atoms with E-state index in [-0.39, 0.29) is 18.4 Å². The Morgan fingerprint density at radius 1 is 1.08 bits per heavy atom. The van der Waals surface area contributed by atoms with Gasteiger partial charge in [-0.25, -0.2) is 17.7 Å². The summed E-state index contributed by atoms with van der Waals surface area (Å²) in [7, 11) is -3.23. The Bertz CT molecular complexity index is 1290. The van der Waals surface area contributed by atoms with Gasteiger partial charge >= 0.3 is 0 Å². The number of fused-ring (bicyclic) bond motifs is 1. The smallest absolute Gasteiger partial charge is 0.253 e. The Hall–Kier alpha value is -2.76. The fraction of sp³-hybridized carbons (Fsp3) is 0.593. The molecule has 2 aliphatic carbocycles. The Morgan fingerprint density at radius 3 is 2.32 bits per heavy atom. The zero-order chi connectivity index (χ0) is 26.4. The van der Waals surface area contributed by atoms with Crippen LogP contribution in [0.25, 0.3) is 0 Å². The molecule has 1 unspecified atom stereocenters. The zero-order valence-corrected chi connectivity index (χ0v) is 22.5. The van der Waals surface area contributed by atoms with Crippen LogP contribution < -0.4 is 15.0 Å². The van der Waals surface area contributed by atoms with Crippen molar-refractivity contribution in [3.8, 4) is 5.75 Å². The number of sulfonamides is 1. The Balaban J connectivity index is 1.17. The van der Waals surface area contributed by atoms with Gasteiger partial charge in [-0.1, -0.05) is 0 Å². The van der Waals surface area contributed by atoms with Gasteiger partial charge < -0.3 is 20.1 Å². The van der Waals surface area contributed by atoms with Gasteiger partial charge in [0.1, 0.15) is 6.61 Å². The van der Waals surface area contributed by atoms with Crippen LogP contribution in [0.15, 0.2) is 24.4 Å². The van der Waals surface area contributed by atoms with Crippen molar-refractivity contribution >= 4 is 27.4 Å². The molecule has 38 heavy (non-hydrogen) atoms. The highest BCUT2D eigenvalue weighted by molar-refractivity contribution is 7.88. The van der Waals surface area contributed by atoms with Gasteiger partial charge in [-0.05, 0) is 62.6 Å². The third kappa shape index (κ3) is 5.37. The molecule has 11 heteroatoms. The van der Waals surface area contributed by atoms with Crippen LogP contribution >= 0.6 is 0 Å². The molecule has 2 saturated carbocycles. The van der Waals surface area contributed by atoms with Crippen molar-refractivity contribution in [2.75, 3.05) is 44.0 Å². The normalized spacial score (nSPS) is 21.5. The van der Waals surface area contributed by atoms with E-state index in [9.17, 15) is 18.3 Å². The predicted molar refractivity (Wildman–Crippen MR) is 142 cm³/mol. The molecular weight excluding hydrogens is 506 g/mol. The van der Waals surface area contributed by atoms with Crippen LogP contribution in [-0.2, 0) is 10.0 Å². The summed E-state index contributed by atoms with van der Waals surface area (Å²) < 4.78 is 31.0.